The molecule has 0 bridgehead atoms. The average molecular weight is 164 g/mol. The Labute approximate surface area is 73.9 Å². The van der Waals surface area contributed by atoms with E-state index in [4.69, 9.17) is 0 Å². The number of allylic oxidation sites excluding steroid dienone is 1. The first kappa shape index (κ1) is 9.04. The highest BCUT2D eigenvalue weighted by Gasteiger charge is 2.06. The maximum atomic E-state index is 4.32. The number of fused-ring (bicyclic) bond motifs is 1. The van der Waals surface area contributed by atoms with Crippen LogP contribution in [-0.4, -0.2) is 9.78 Å². The van der Waals surface area contributed by atoms with Crippen LogP contribution in [0.25, 0.3) is 6.08 Å². The molecule has 66 valence electrons. The van der Waals surface area contributed by atoms with E-state index in [0.29, 0.717) is 0 Å². The Balaban J connectivity index is 0.000000336. The molecule has 2 rings (SSSR count). The van der Waals surface area contributed by atoms with Crippen molar-refractivity contribution in [1.82, 2.24) is 9.78 Å². The maximum Gasteiger partial charge on any atom is 0.0699 e. The van der Waals surface area contributed by atoms with Gasteiger partial charge in [-0.3, -0.25) is 4.68 Å². The number of hydrogen-bond acceptors (Lipinski definition) is 1. The minimum atomic E-state index is 1.10. The molecule has 0 aromatic carbocycles. The van der Waals surface area contributed by atoms with Crippen molar-refractivity contribution in [3.63, 3.8) is 0 Å². The summed E-state index contributed by atoms with van der Waals surface area (Å²) in [5.74, 6) is 0. The van der Waals surface area contributed by atoms with Crippen molar-refractivity contribution < 1.29 is 0 Å². The number of nitrogens with zero attached hydrogens (tertiary/aromatic N) is 2. The minimum Gasteiger partial charge on any atom is -0.275 e. The average Bonchev–Trinajstić information content (AvgIpc) is 2.48. The molecule has 12 heavy (non-hydrogen) atoms. The highest BCUT2D eigenvalue weighted by Crippen LogP contribution is 2.15. The van der Waals surface area contributed by atoms with Gasteiger partial charge in [0.1, 0.15) is 0 Å². The van der Waals surface area contributed by atoms with Crippen molar-refractivity contribution in [3.8, 4) is 0 Å². The highest BCUT2D eigenvalue weighted by atomic mass is 15.2. The van der Waals surface area contributed by atoms with Crippen LogP contribution in [0, 0.1) is 0 Å². The van der Waals surface area contributed by atoms with Gasteiger partial charge in [-0.1, -0.05) is 26.0 Å². The Morgan fingerprint density at radius 1 is 1.42 bits per heavy atom. The molecule has 1 heterocycles. The van der Waals surface area contributed by atoms with Crippen LogP contribution in [0.5, 0.6) is 0 Å². The van der Waals surface area contributed by atoms with Gasteiger partial charge in [0.05, 0.1) is 5.69 Å². The van der Waals surface area contributed by atoms with Gasteiger partial charge in [0.15, 0.2) is 0 Å². The first-order valence-electron chi connectivity index (χ1n) is 4.55. The van der Waals surface area contributed by atoms with Gasteiger partial charge in [-0.15, -0.1) is 0 Å². The molecule has 0 N–H and O–H groups in total. The summed E-state index contributed by atoms with van der Waals surface area (Å²) in [5, 5.41) is 4.32. The molecular formula is C10H16N2. The molecule has 0 saturated carbocycles. The molecular weight excluding hydrogens is 148 g/mol. The normalized spacial score (nSPS) is 13.2. The fourth-order valence-corrected chi connectivity index (χ4v) is 1.32. The molecule has 0 unspecified atom stereocenters. The van der Waals surface area contributed by atoms with Gasteiger partial charge >= 0.3 is 0 Å². The molecule has 0 atom stereocenters. The molecule has 0 radical (unpaired) electrons. The molecule has 1 aliphatic carbocycles. The highest BCUT2D eigenvalue weighted by molar-refractivity contribution is 5.53. The second-order valence-corrected chi connectivity index (χ2v) is 2.65. The topological polar surface area (TPSA) is 17.8 Å². The van der Waals surface area contributed by atoms with Crippen LogP contribution in [0.2, 0.25) is 0 Å². The summed E-state index contributed by atoms with van der Waals surface area (Å²) in [5.41, 5.74) is 2.53. The molecule has 0 amide bonds. The molecule has 1 aromatic heterocycles. The summed E-state index contributed by atoms with van der Waals surface area (Å²) >= 11 is 0. The molecule has 0 aliphatic heterocycles. The summed E-state index contributed by atoms with van der Waals surface area (Å²) < 4.78 is 1.88. The van der Waals surface area contributed by atoms with Gasteiger partial charge in [0.25, 0.3) is 0 Å². The zero-order valence-electron chi connectivity index (χ0n) is 8.04. The van der Waals surface area contributed by atoms with E-state index in [-0.39, 0.29) is 0 Å². The first-order valence-corrected chi connectivity index (χ1v) is 4.55. The van der Waals surface area contributed by atoms with Crippen molar-refractivity contribution in [2.75, 3.05) is 0 Å². The van der Waals surface area contributed by atoms with Crippen LogP contribution >= 0.6 is 0 Å². The zero-order valence-corrected chi connectivity index (χ0v) is 8.04. The van der Waals surface area contributed by atoms with Crippen LogP contribution in [0.1, 0.15) is 31.5 Å². The van der Waals surface area contributed by atoms with E-state index < -0.39 is 0 Å². The van der Waals surface area contributed by atoms with Gasteiger partial charge in [0.2, 0.25) is 0 Å². The monoisotopic (exact) mass is 164 g/mol. The summed E-state index contributed by atoms with van der Waals surface area (Å²) in [4.78, 5) is 0. The van der Waals surface area contributed by atoms with Crippen molar-refractivity contribution in [2.24, 2.45) is 7.05 Å². The lowest BCUT2D eigenvalue weighted by Gasteiger charge is -1.99. The minimum absolute atomic E-state index is 1.10. The van der Waals surface area contributed by atoms with E-state index in [9.17, 15) is 0 Å². The second-order valence-electron chi connectivity index (χ2n) is 2.65. The van der Waals surface area contributed by atoms with Gasteiger partial charge in [0, 0.05) is 18.8 Å². The van der Waals surface area contributed by atoms with Crippen molar-refractivity contribution >= 4 is 6.08 Å². The lowest BCUT2D eigenvalue weighted by Crippen LogP contribution is -1.92. The predicted octanol–water partition coefficient (Wildman–Crippen LogP) is 2.41. The van der Waals surface area contributed by atoms with E-state index in [1.54, 1.807) is 0 Å². The SMILES string of the molecule is CC.Cn1cc2c(n1)CCC=C2. The molecule has 0 spiro atoms. The number of aromatic nitrogens is 2. The standard InChI is InChI=1S/C8H10N2.C2H6/c1-10-6-7-4-2-3-5-8(7)9-10;1-2/h2,4,6H,3,5H2,1H3;1-2H3. The van der Waals surface area contributed by atoms with E-state index in [1.165, 1.54) is 11.3 Å². The first-order chi connectivity index (χ1) is 5.86. The molecule has 2 heteroatoms. The van der Waals surface area contributed by atoms with Crippen LogP contribution < -0.4 is 0 Å². The number of rotatable bonds is 0. The molecule has 0 fully saturated rings. The maximum absolute atomic E-state index is 4.32. The molecule has 0 saturated heterocycles. The fourth-order valence-electron chi connectivity index (χ4n) is 1.32. The summed E-state index contributed by atoms with van der Waals surface area (Å²) in [6.45, 7) is 4.00. The quantitative estimate of drug-likeness (QED) is 0.575. The Hall–Kier alpha value is -1.05. The van der Waals surface area contributed by atoms with Crippen LogP contribution in [-0.2, 0) is 13.5 Å². The van der Waals surface area contributed by atoms with Gasteiger partial charge in [-0.05, 0) is 12.8 Å². The van der Waals surface area contributed by atoms with E-state index in [1.807, 2.05) is 25.6 Å². The summed E-state index contributed by atoms with van der Waals surface area (Å²) in [7, 11) is 1.96. The van der Waals surface area contributed by atoms with Gasteiger partial charge < -0.3 is 0 Å². The number of hydrogen-bond donors (Lipinski definition) is 0. The Morgan fingerprint density at radius 3 is 2.83 bits per heavy atom. The number of aryl methyl sites for hydroxylation is 2. The van der Waals surface area contributed by atoms with Gasteiger partial charge in [-0.25, -0.2) is 0 Å². The largest absolute Gasteiger partial charge is 0.275 e. The third kappa shape index (κ3) is 1.76. The third-order valence-electron chi connectivity index (χ3n) is 1.78. The van der Waals surface area contributed by atoms with Crippen molar-refractivity contribution in [1.29, 1.82) is 0 Å². The Bertz CT molecular complexity index is 271. The third-order valence-corrected chi connectivity index (χ3v) is 1.78. The van der Waals surface area contributed by atoms with E-state index in [2.05, 4.69) is 23.4 Å². The molecule has 2 nitrogen and oxygen atoms in total. The zero-order chi connectivity index (χ0) is 8.97. The lowest BCUT2D eigenvalue weighted by atomic mass is 10.1. The van der Waals surface area contributed by atoms with E-state index >= 15 is 0 Å². The summed E-state index contributed by atoms with van der Waals surface area (Å²) in [6, 6.07) is 0. The van der Waals surface area contributed by atoms with Crippen LogP contribution in [0.15, 0.2) is 12.3 Å². The Morgan fingerprint density at radius 2 is 2.17 bits per heavy atom. The van der Waals surface area contributed by atoms with Crippen molar-refractivity contribution in [3.05, 3.63) is 23.5 Å². The molecule has 1 aromatic rings. The molecule has 1 aliphatic rings. The smallest absolute Gasteiger partial charge is 0.0699 e. The predicted molar refractivity (Wildman–Crippen MR) is 51.9 cm³/mol. The van der Waals surface area contributed by atoms with Crippen LogP contribution in [0.4, 0.5) is 0 Å². The van der Waals surface area contributed by atoms with Crippen LogP contribution in [0.3, 0.4) is 0 Å². The fraction of sp³-hybridized carbons (Fsp3) is 0.500. The Kier molecular flexibility index (Phi) is 3.09. The lowest BCUT2D eigenvalue weighted by molar-refractivity contribution is 0.739. The van der Waals surface area contributed by atoms with E-state index in [0.717, 1.165) is 12.8 Å². The van der Waals surface area contributed by atoms with Gasteiger partial charge in [-0.2, -0.15) is 5.10 Å². The summed E-state index contributed by atoms with van der Waals surface area (Å²) in [6.07, 6.45) is 8.65. The van der Waals surface area contributed by atoms with Crippen molar-refractivity contribution in [2.45, 2.75) is 26.7 Å². The second kappa shape index (κ2) is 4.10.